The lowest BCUT2D eigenvalue weighted by Gasteiger charge is -2.03. The van der Waals surface area contributed by atoms with Crippen LogP contribution in [0.3, 0.4) is 0 Å². The summed E-state index contributed by atoms with van der Waals surface area (Å²) < 4.78 is 10.2. The molecule has 8 nitrogen and oxygen atoms in total. The topological polar surface area (TPSA) is 118 Å². The van der Waals surface area contributed by atoms with Gasteiger partial charge in [0.05, 0.1) is 25.0 Å². The fourth-order valence-corrected chi connectivity index (χ4v) is 3.00. The Bertz CT molecular complexity index is 973. The number of methoxy groups -OCH3 is 1. The first kappa shape index (κ1) is 19.2. The van der Waals surface area contributed by atoms with Crippen LogP contribution in [0, 0.1) is 0 Å². The highest BCUT2D eigenvalue weighted by Crippen LogP contribution is 2.36. The van der Waals surface area contributed by atoms with Gasteiger partial charge >= 0.3 is 11.9 Å². The van der Waals surface area contributed by atoms with E-state index in [-0.39, 0.29) is 31.0 Å². The van der Waals surface area contributed by atoms with Crippen LogP contribution < -0.4 is 10.1 Å². The van der Waals surface area contributed by atoms with Gasteiger partial charge in [-0.25, -0.2) is 4.79 Å². The molecule has 1 aromatic heterocycles. The van der Waals surface area contributed by atoms with E-state index in [9.17, 15) is 14.4 Å². The Labute approximate surface area is 161 Å². The fourth-order valence-electron chi connectivity index (χ4n) is 3.00. The third-order valence-corrected chi connectivity index (χ3v) is 4.34. The molecule has 1 aliphatic heterocycles. The number of aliphatic carboxylic acids is 1. The predicted octanol–water partition coefficient (Wildman–Crippen LogP) is 2.71. The van der Waals surface area contributed by atoms with Crippen molar-refractivity contribution < 1.29 is 29.0 Å². The second-order valence-electron chi connectivity index (χ2n) is 6.16. The Balaban J connectivity index is 2.01. The van der Waals surface area contributed by atoms with E-state index in [4.69, 9.17) is 14.6 Å². The molecule has 1 amide bonds. The summed E-state index contributed by atoms with van der Waals surface area (Å²) in [7, 11) is 1.54. The molecule has 0 unspecified atom stereocenters. The Kier molecular flexibility index (Phi) is 5.49. The number of carboxylic acid groups (broad SMARTS) is 1. The van der Waals surface area contributed by atoms with E-state index >= 15 is 0 Å². The van der Waals surface area contributed by atoms with Crippen LogP contribution in [0.4, 0.5) is 5.69 Å². The molecule has 0 radical (unpaired) electrons. The van der Waals surface area contributed by atoms with Gasteiger partial charge in [-0.05, 0) is 43.2 Å². The summed E-state index contributed by atoms with van der Waals surface area (Å²) in [6.07, 6.45) is 1.73. The first-order valence-corrected chi connectivity index (χ1v) is 8.75. The molecule has 28 heavy (non-hydrogen) atoms. The molecule has 0 spiro atoms. The van der Waals surface area contributed by atoms with E-state index in [1.54, 1.807) is 44.4 Å². The van der Waals surface area contributed by atoms with Crippen LogP contribution in [0.15, 0.2) is 24.3 Å². The normalized spacial score (nSPS) is 13.9. The van der Waals surface area contributed by atoms with Gasteiger partial charge < -0.3 is 24.9 Å². The maximum Gasteiger partial charge on any atom is 0.354 e. The van der Waals surface area contributed by atoms with E-state index in [1.165, 1.54) is 0 Å². The first-order chi connectivity index (χ1) is 13.4. The van der Waals surface area contributed by atoms with Gasteiger partial charge in [-0.3, -0.25) is 9.59 Å². The zero-order valence-corrected chi connectivity index (χ0v) is 15.5. The van der Waals surface area contributed by atoms with E-state index in [1.807, 2.05) is 0 Å². The number of esters is 1. The number of H-pyrrole nitrogens is 1. The Hall–Kier alpha value is -3.55. The van der Waals surface area contributed by atoms with Gasteiger partial charge in [-0.1, -0.05) is 0 Å². The van der Waals surface area contributed by atoms with E-state index in [0.29, 0.717) is 33.8 Å². The van der Waals surface area contributed by atoms with Crippen molar-refractivity contribution in [2.45, 2.75) is 19.8 Å². The summed E-state index contributed by atoms with van der Waals surface area (Å²) >= 11 is 0. The summed E-state index contributed by atoms with van der Waals surface area (Å²) in [6.45, 7) is 1.92. The number of ether oxygens (including phenoxy) is 2. The fraction of sp³-hybridized carbons (Fsp3) is 0.250. The van der Waals surface area contributed by atoms with Gasteiger partial charge in [0.1, 0.15) is 11.4 Å². The van der Waals surface area contributed by atoms with E-state index < -0.39 is 11.9 Å². The van der Waals surface area contributed by atoms with Crippen molar-refractivity contribution in [3.8, 4) is 5.75 Å². The molecule has 1 aliphatic rings. The third-order valence-electron chi connectivity index (χ3n) is 4.34. The highest BCUT2D eigenvalue weighted by Gasteiger charge is 2.25. The molecule has 146 valence electrons. The van der Waals surface area contributed by atoms with E-state index in [0.717, 1.165) is 0 Å². The first-order valence-electron chi connectivity index (χ1n) is 8.75. The number of hydrogen-bond acceptors (Lipinski definition) is 5. The molecule has 3 N–H and O–H groups in total. The number of carbonyl (C=O) groups is 3. The summed E-state index contributed by atoms with van der Waals surface area (Å²) in [6, 6.07) is 6.80. The van der Waals surface area contributed by atoms with Gasteiger partial charge in [0.2, 0.25) is 0 Å². The van der Waals surface area contributed by atoms with Crippen LogP contribution in [-0.2, 0) is 20.7 Å². The van der Waals surface area contributed by atoms with Crippen molar-refractivity contribution >= 4 is 35.2 Å². The van der Waals surface area contributed by atoms with Crippen LogP contribution >= 0.6 is 0 Å². The van der Waals surface area contributed by atoms with Gasteiger partial charge in [-0.15, -0.1) is 0 Å². The number of nitrogens with one attached hydrogen (secondary N) is 2. The SMILES string of the molecule is CCOC(=O)c1cc(CCC(=O)O)c(C=C2C(=O)Nc3cc(OC)ccc32)[nH]1. The molecule has 0 aliphatic carbocycles. The van der Waals surface area contributed by atoms with Crippen molar-refractivity contribution in [1.29, 1.82) is 0 Å². The molecule has 0 saturated carbocycles. The van der Waals surface area contributed by atoms with Gasteiger partial charge in [0, 0.05) is 23.7 Å². The molecule has 0 fully saturated rings. The van der Waals surface area contributed by atoms with Gasteiger partial charge in [0.15, 0.2) is 0 Å². The standard InChI is InChI=1S/C20H20N2O6/c1-3-28-20(26)17-8-11(4-7-18(23)24)15(21-17)10-14-13-6-5-12(27-2)9-16(13)22-19(14)25/h5-6,8-10,21H,3-4,7H2,1-2H3,(H,22,25)(H,23,24). The summed E-state index contributed by atoms with van der Waals surface area (Å²) in [5.74, 6) is -1.16. The quantitative estimate of drug-likeness (QED) is 0.499. The van der Waals surface area contributed by atoms with Crippen LogP contribution in [0.25, 0.3) is 11.6 Å². The minimum atomic E-state index is -0.950. The number of anilines is 1. The number of aromatic amines is 1. The second-order valence-corrected chi connectivity index (χ2v) is 6.16. The van der Waals surface area contributed by atoms with Gasteiger partial charge in [-0.2, -0.15) is 0 Å². The highest BCUT2D eigenvalue weighted by molar-refractivity contribution is 6.35. The molecule has 0 atom stereocenters. The lowest BCUT2D eigenvalue weighted by atomic mass is 10.0. The number of aromatic nitrogens is 1. The monoisotopic (exact) mass is 384 g/mol. The summed E-state index contributed by atoms with van der Waals surface area (Å²) in [5.41, 5.74) is 3.06. The lowest BCUT2D eigenvalue weighted by Crippen LogP contribution is -2.05. The molecule has 2 aromatic rings. The molecule has 0 saturated heterocycles. The van der Waals surface area contributed by atoms with Crippen molar-refractivity contribution in [1.82, 2.24) is 4.98 Å². The molecule has 2 heterocycles. The number of carbonyl (C=O) groups excluding carboxylic acids is 2. The molecular formula is C20H20N2O6. The van der Waals surface area contributed by atoms with Crippen molar-refractivity contribution in [2.75, 3.05) is 19.0 Å². The summed E-state index contributed by atoms with van der Waals surface area (Å²) in [5, 5.41) is 11.8. The number of carboxylic acids is 1. The van der Waals surface area contributed by atoms with Crippen LogP contribution in [0.1, 0.15) is 40.7 Å². The van der Waals surface area contributed by atoms with E-state index in [2.05, 4.69) is 10.3 Å². The number of amides is 1. The van der Waals surface area contributed by atoms with Crippen LogP contribution in [-0.4, -0.2) is 41.7 Å². The van der Waals surface area contributed by atoms with Crippen molar-refractivity contribution in [3.05, 3.63) is 46.8 Å². The second kappa shape index (κ2) is 7.99. The largest absolute Gasteiger partial charge is 0.497 e. The Morgan fingerprint density at radius 2 is 2.04 bits per heavy atom. The number of hydrogen-bond donors (Lipinski definition) is 3. The van der Waals surface area contributed by atoms with Crippen LogP contribution in [0.2, 0.25) is 0 Å². The van der Waals surface area contributed by atoms with Crippen molar-refractivity contribution in [2.24, 2.45) is 0 Å². The minimum Gasteiger partial charge on any atom is -0.497 e. The zero-order valence-electron chi connectivity index (χ0n) is 15.5. The maximum absolute atomic E-state index is 12.4. The molecule has 3 rings (SSSR count). The van der Waals surface area contributed by atoms with Gasteiger partial charge in [0.25, 0.3) is 5.91 Å². The average Bonchev–Trinajstić information content (AvgIpc) is 3.21. The molecule has 8 heteroatoms. The molecule has 1 aromatic carbocycles. The number of benzene rings is 1. The minimum absolute atomic E-state index is 0.101. The smallest absolute Gasteiger partial charge is 0.354 e. The Morgan fingerprint density at radius 3 is 2.71 bits per heavy atom. The highest BCUT2D eigenvalue weighted by atomic mass is 16.5. The Morgan fingerprint density at radius 1 is 1.25 bits per heavy atom. The number of rotatable bonds is 7. The average molecular weight is 384 g/mol. The summed E-state index contributed by atoms with van der Waals surface area (Å²) in [4.78, 5) is 38.4. The number of aryl methyl sites for hydroxylation is 1. The van der Waals surface area contributed by atoms with Crippen LogP contribution in [0.5, 0.6) is 5.75 Å². The molecule has 0 bridgehead atoms. The number of fused-ring (bicyclic) bond motifs is 1. The van der Waals surface area contributed by atoms with Crippen molar-refractivity contribution in [3.63, 3.8) is 0 Å². The zero-order chi connectivity index (χ0) is 20.3. The lowest BCUT2D eigenvalue weighted by molar-refractivity contribution is -0.137. The maximum atomic E-state index is 12.4. The molecular weight excluding hydrogens is 364 g/mol. The third kappa shape index (κ3) is 3.90. The predicted molar refractivity (Wildman–Crippen MR) is 102 cm³/mol.